The van der Waals surface area contributed by atoms with Crippen molar-refractivity contribution >= 4 is 5.91 Å². The van der Waals surface area contributed by atoms with Gasteiger partial charge in [-0.3, -0.25) is 9.78 Å². The first-order valence-electron chi connectivity index (χ1n) is 6.74. The van der Waals surface area contributed by atoms with Crippen molar-refractivity contribution < 1.29 is 4.79 Å². The van der Waals surface area contributed by atoms with Gasteiger partial charge in [0.15, 0.2) is 0 Å². The third kappa shape index (κ3) is 6.35. The molecule has 0 saturated heterocycles. The zero-order valence-electron chi connectivity index (χ0n) is 10.9. The second kappa shape index (κ2) is 9.59. The molecular weight excluding hydrogens is 226 g/mol. The second-order valence-electron chi connectivity index (χ2n) is 4.38. The van der Waals surface area contributed by atoms with Gasteiger partial charge in [-0.1, -0.05) is 31.7 Å². The first kappa shape index (κ1) is 14.6. The molecule has 0 aromatic carbocycles. The number of carbonyl (C=O) groups excluding carboxylic acids is 1. The van der Waals surface area contributed by atoms with Crippen LogP contribution in [0.1, 0.15) is 49.0 Å². The quantitative estimate of drug-likeness (QED) is 0.659. The largest absolute Gasteiger partial charge is 0.351 e. The number of carbonyl (C=O) groups is 1. The fourth-order valence-electron chi connectivity index (χ4n) is 1.77. The van der Waals surface area contributed by atoms with E-state index in [9.17, 15) is 4.79 Å². The normalized spacial score (nSPS) is 10.3. The lowest BCUT2D eigenvalue weighted by Crippen LogP contribution is -2.25. The fourth-order valence-corrected chi connectivity index (χ4v) is 1.77. The Labute approximate surface area is 109 Å². The topological polar surface area (TPSA) is 68.0 Å². The molecule has 0 atom stereocenters. The highest BCUT2D eigenvalue weighted by Gasteiger charge is 2.03. The highest BCUT2D eigenvalue weighted by Crippen LogP contribution is 2.04. The summed E-state index contributed by atoms with van der Waals surface area (Å²) in [6.45, 7) is 1.52. The van der Waals surface area contributed by atoms with E-state index < -0.39 is 0 Å². The minimum atomic E-state index is -0.0845. The predicted molar refractivity (Wildman–Crippen MR) is 73.3 cm³/mol. The molecule has 1 rings (SSSR count). The number of unbranched alkanes of at least 4 members (excludes halogenated alkanes) is 5. The molecule has 100 valence electrons. The zero-order valence-corrected chi connectivity index (χ0v) is 10.9. The van der Waals surface area contributed by atoms with E-state index in [1.165, 1.54) is 19.3 Å². The van der Waals surface area contributed by atoms with Crippen LogP contribution in [0.4, 0.5) is 0 Å². The van der Waals surface area contributed by atoms with Crippen LogP contribution in [-0.4, -0.2) is 24.0 Å². The summed E-state index contributed by atoms with van der Waals surface area (Å²) in [5, 5.41) is 2.88. The number of hydrogen-bond donors (Lipinski definition) is 2. The number of aromatic nitrogens is 1. The van der Waals surface area contributed by atoms with Gasteiger partial charge >= 0.3 is 0 Å². The molecule has 0 unspecified atom stereocenters. The maximum Gasteiger partial charge on any atom is 0.269 e. The number of rotatable bonds is 9. The van der Waals surface area contributed by atoms with Crippen LogP contribution >= 0.6 is 0 Å². The summed E-state index contributed by atoms with van der Waals surface area (Å²) in [6.07, 6.45) is 8.62. The molecule has 3 N–H and O–H groups in total. The molecule has 1 aromatic rings. The molecule has 0 spiro atoms. The standard InChI is InChI=1S/C14H23N3O/c15-10-6-3-1-2-4-7-12-17-14(18)13-9-5-8-11-16-13/h5,8-9,11H,1-4,6-7,10,12,15H2,(H,17,18). The number of hydrogen-bond acceptors (Lipinski definition) is 3. The third-order valence-corrected chi connectivity index (χ3v) is 2.81. The summed E-state index contributed by atoms with van der Waals surface area (Å²) in [4.78, 5) is 15.6. The molecule has 1 aromatic heterocycles. The van der Waals surface area contributed by atoms with Crippen molar-refractivity contribution in [3.8, 4) is 0 Å². The molecule has 0 fully saturated rings. The molecule has 4 heteroatoms. The first-order valence-corrected chi connectivity index (χ1v) is 6.74. The van der Waals surface area contributed by atoms with Gasteiger partial charge in [0.25, 0.3) is 5.91 Å². The van der Waals surface area contributed by atoms with Crippen LogP contribution in [0.15, 0.2) is 24.4 Å². The van der Waals surface area contributed by atoms with E-state index in [0.717, 1.165) is 32.4 Å². The van der Waals surface area contributed by atoms with Crippen LogP contribution in [0.2, 0.25) is 0 Å². The van der Waals surface area contributed by atoms with Gasteiger partial charge in [0.1, 0.15) is 5.69 Å². The number of nitrogens with zero attached hydrogens (tertiary/aromatic N) is 1. The average molecular weight is 249 g/mol. The number of nitrogens with two attached hydrogens (primary N) is 1. The Morgan fingerprint density at radius 3 is 2.50 bits per heavy atom. The fraction of sp³-hybridized carbons (Fsp3) is 0.571. The summed E-state index contributed by atoms with van der Waals surface area (Å²) in [7, 11) is 0. The van der Waals surface area contributed by atoms with Gasteiger partial charge in [0.2, 0.25) is 0 Å². The summed E-state index contributed by atoms with van der Waals surface area (Å²) in [6, 6.07) is 5.35. The molecular formula is C14H23N3O. The Hall–Kier alpha value is -1.42. The lowest BCUT2D eigenvalue weighted by molar-refractivity contribution is 0.0948. The Morgan fingerprint density at radius 1 is 1.11 bits per heavy atom. The molecule has 0 aliphatic rings. The van der Waals surface area contributed by atoms with E-state index in [4.69, 9.17) is 5.73 Å². The Balaban J connectivity index is 2.00. The Bertz CT molecular complexity index is 327. The Kier molecular flexibility index (Phi) is 7.80. The molecule has 0 aliphatic heterocycles. The molecule has 0 saturated carbocycles. The molecule has 18 heavy (non-hydrogen) atoms. The van der Waals surface area contributed by atoms with Crippen molar-refractivity contribution in [1.29, 1.82) is 0 Å². The number of nitrogens with one attached hydrogen (secondary N) is 1. The number of amides is 1. The second-order valence-corrected chi connectivity index (χ2v) is 4.38. The van der Waals surface area contributed by atoms with Crippen LogP contribution in [0.3, 0.4) is 0 Å². The summed E-state index contributed by atoms with van der Waals surface area (Å²) < 4.78 is 0. The van der Waals surface area contributed by atoms with Gasteiger partial charge in [-0.15, -0.1) is 0 Å². The molecule has 0 radical (unpaired) electrons. The van der Waals surface area contributed by atoms with Gasteiger partial charge in [-0.2, -0.15) is 0 Å². The van der Waals surface area contributed by atoms with Crippen LogP contribution in [-0.2, 0) is 0 Å². The number of pyridine rings is 1. The highest BCUT2D eigenvalue weighted by molar-refractivity contribution is 5.92. The summed E-state index contributed by atoms with van der Waals surface area (Å²) in [5.41, 5.74) is 5.91. The van der Waals surface area contributed by atoms with Gasteiger partial charge in [-0.05, 0) is 31.5 Å². The van der Waals surface area contributed by atoms with E-state index >= 15 is 0 Å². The van der Waals surface area contributed by atoms with E-state index in [0.29, 0.717) is 5.69 Å². The molecule has 1 heterocycles. The minimum absolute atomic E-state index is 0.0845. The van der Waals surface area contributed by atoms with Crippen molar-refractivity contribution in [2.24, 2.45) is 5.73 Å². The first-order chi connectivity index (χ1) is 8.84. The smallest absolute Gasteiger partial charge is 0.269 e. The van der Waals surface area contributed by atoms with E-state index in [2.05, 4.69) is 10.3 Å². The Morgan fingerprint density at radius 2 is 1.83 bits per heavy atom. The molecule has 0 bridgehead atoms. The molecule has 0 aliphatic carbocycles. The highest BCUT2D eigenvalue weighted by atomic mass is 16.1. The van der Waals surface area contributed by atoms with Crippen molar-refractivity contribution in [2.45, 2.75) is 38.5 Å². The zero-order chi connectivity index (χ0) is 13.1. The van der Waals surface area contributed by atoms with Crippen molar-refractivity contribution in [3.63, 3.8) is 0 Å². The summed E-state index contributed by atoms with van der Waals surface area (Å²) >= 11 is 0. The van der Waals surface area contributed by atoms with Gasteiger partial charge in [-0.25, -0.2) is 0 Å². The lowest BCUT2D eigenvalue weighted by Gasteiger charge is -2.04. The summed E-state index contributed by atoms with van der Waals surface area (Å²) in [5.74, 6) is -0.0845. The van der Waals surface area contributed by atoms with E-state index in [1.54, 1.807) is 18.3 Å². The molecule has 4 nitrogen and oxygen atoms in total. The van der Waals surface area contributed by atoms with Crippen LogP contribution in [0.25, 0.3) is 0 Å². The monoisotopic (exact) mass is 249 g/mol. The minimum Gasteiger partial charge on any atom is -0.351 e. The van der Waals surface area contributed by atoms with Crippen molar-refractivity contribution in [2.75, 3.05) is 13.1 Å². The van der Waals surface area contributed by atoms with Gasteiger partial charge < -0.3 is 11.1 Å². The van der Waals surface area contributed by atoms with E-state index in [1.807, 2.05) is 6.07 Å². The van der Waals surface area contributed by atoms with Crippen LogP contribution in [0, 0.1) is 0 Å². The SMILES string of the molecule is NCCCCCCCCNC(=O)c1ccccn1. The van der Waals surface area contributed by atoms with E-state index in [-0.39, 0.29) is 5.91 Å². The van der Waals surface area contributed by atoms with Gasteiger partial charge in [0.05, 0.1) is 0 Å². The lowest BCUT2D eigenvalue weighted by atomic mass is 10.1. The van der Waals surface area contributed by atoms with Gasteiger partial charge in [0, 0.05) is 12.7 Å². The third-order valence-electron chi connectivity index (χ3n) is 2.81. The maximum atomic E-state index is 11.6. The maximum absolute atomic E-state index is 11.6. The van der Waals surface area contributed by atoms with Crippen LogP contribution < -0.4 is 11.1 Å². The van der Waals surface area contributed by atoms with Crippen molar-refractivity contribution in [1.82, 2.24) is 10.3 Å². The van der Waals surface area contributed by atoms with Crippen molar-refractivity contribution in [3.05, 3.63) is 30.1 Å². The van der Waals surface area contributed by atoms with Crippen LogP contribution in [0.5, 0.6) is 0 Å². The predicted octanol–water partition coefficient (Wildman–Crippen LogP) is 2.11. The molecule has 1 amide bonds. The average Bonchev–Trinajstić information content (AvgIpc) is 2.42.